The fourth-order valence-electron chi connectivity index (χ4n) is 1.59. The van der Waals surface area contributed by atoms with Crippen LogP contribution in [0.4, 0.5) is 4.39 Å². The standard InChI is InChI=1S/C18H17FO2/c1-13(14(2)20)6-7-15-8-10-17(11-9-15)21-18-5-3-4-16(19)12-18/h3-5,8-14,20H,1-2H3. The van der Waals surface area contributed by atoms with E-state index in [1.54, 1.807) is 31.2 Å². The normalized spacial score (nSPS) is 13.0. The first kappa shape index (κ1) is 15.1. The summed E-state index contributed by atoms with van der Waals surface area (Å²) < 4.78 is 18.6. The topological polar surface area (TPSA) is 29.5 Å². The van der Waals surface area contributed by atoms with Crippen LogP contribution in [0.5, 0.6) is 11.5 Å². The van der Waals surface area contributed by atoms with E-state index in [4.69, 9.17) is 4.74 Å². The average molecular weight is 284 g/mol. The Morgan fingerprint density at radius 1 is 1.05 bits per heavy atom. The van der Waals surface area contributed by atoms with Gasteiger partial charge in [-0.15, -0.1) is 0 Å². The summed E-state index contributed by atoms with van der Waals surface area (Å²) in [6.07, 6.45) is -0.451. The molecule has 1 N–H and O–H groups in total. The third kappa shape index (κ3) is 4.62. The predicted octanol–water partition coefficient (Wildman–Crippen LogP) is 3.99. The van der Waals surface area contributed by atoms with Crippen molar-refractivity contribution in [1.29, 1.82) is 0 Å². The lowest BCUT2D eigenvalue weighted by Gasteiger charge is -2.06. The van der Waals surface area contributed by atoms with Gasteiger partial charge in [-0.3, -0.25) is 0 Å². The van der Waals surface area contributed by atoms with Crippen molar-refractivity contribution in [2.45, 2.75) is 20.0 Å². The zero-order valence-electron chi connectivity index (χ0n) is 12.0. The first-order valence-electron chi connectivity index (χ1n) is 6.77. The first-order valence-corrected chi connectivity index (χ1v) is 6.77. The van der Waals surface area contributed by atoms with E-state index < -0.39 is 6.10 Å². The average Bonchev–Trinajstić information content (AvgIpc) is 2.46. The van der Waals surface area contributed by atoms with Crippen LogP contribution >= 0.6 is 0 Å². The lowest BCUT2D eigenvalue weighted by Crippen LogP contribution is -2.10. The summed E-state index contributed by atoms with van der Waals surface area (Å²) in [5.41, 5.74) is 0.842. The van der Waals surface area contributed by atoms with Crippen molar-refractivity contribution in [3.63, 3.8) is 0 Å². The number of rotatable bonds is 3. The number of hydrogen-bond acceptors (Lipinski definition) is 2. The molecule has 21 heavy (non-hydrogen) atoms. The molecule has 108 valence electrons. The molecule has 2 nitrogen and oxygen atoms in total. The molecule has 0 aliphatic rings. The lowest BCUT2D eigenvalue weighted by atomic mass is 10.1. The molecule has 0 spiro atoms. The molecule has 0 saturated heterocycles. The van der Waals surface area contributed by atoms with Gasteiger partial charge in [0.25, 0.3) is 0 Å². The van der Waals surface area contributed by atoms with Crippen molar-refractivity contribution in [1.82, 2.24) is 0 Å². The summed E-state index contributed by atoms with van der Waals surface area (Å²) in [5, 5.41) is 9.38. The molecule has 2 rings (SSSR count). The Hall–Kier alpha value is -2.31. The smallest absolute Gasteiger partial charge is 0.130 e. The molecule has 2 aromatic rings. The maximum atomic E-state index is 13.1. The molecule has 0 aliphatic heterocycles. The zero-order chi connectivity index (χ0) is 15.2. The Morgan fingerprint density at radius 3 is 2.38 bits per heavy atom. The monoisotopic (exact) mass is 284 g/mol. The van der Waals surface area contributed by atoms with Crippen LogP contribution in [0.3, 0.4) is 0 Å². The van der Waals surface area contributed by atoms with Crippen molar-refractivity contribution in [3.8, 4) is 23.3 Å². The Labute approximate surface area is 124 Å². The van der Waals surface area contributed by atoms with Crippen molar-refractivity contribution >= 4 is 0 Å². The number of aliphatic hydroxyl groups excluding tert-OH is 1. The molecule has 3 heteroatoms. The third-order valence-electron chi connectivity index (χ3n) is 3.05. The van der Waals surface area contributed by atoms with Crippen molar-refractivity contribution < 1.29 is 14.2 Å². The van der Waals surface area contributed by atoms with E-state index in [9.17, 15) is 9.50 Å². The van der Waals surface area contributed by atoms with Gasteiger partial charge >= 0.3 is 0 Å². The molecule has 0 bridgehead atoms. The summed E-state index contributed by atoms with van der Waals surface area (Å²) in [7, 11) is 0. The minimum Gasteiger partial charge on any atom is -0.457 e. The summed E-state index contributed by atoms with van der Waals surface area (Å²) >= 11 is 0. The number of hydrogen-bond donors (Lipinski definition) is 1. The second-order valence-corrected chi connectivity index (χ2v) is 4.88. The van der Waals surface area contributed by atoms with Gasteiger partial charge in [0.15, 0.2) is 0 Å². The van der Waals surface area contributed by atoms with E-state index in [0.717, 1.165) is 5.56 Å². The highest BCUT2D eigenvalue weighted by atomic mass is 19.1. The fraction of sp³-hybridized carbons (Fsp3) is 0.222. The van der Waals surface area contributed by atoms with Crippen LogP contribution in [0, 0.1) is 23.6 Å². The molecule has 0 aromatic heterocycles. The molecule has 0 heterocycles. The van der Waals surface area contributed by atoms with Gasteiger partial charge in [0.2, 0.25) is 0 Å². The van der Waals surface area contributed by atoms with Crippen LogP contribution in [0.15, 0.2) is 48.5 Å². The lowest BCUT2D eigenvalue weighted by molar-refractivity contribution is 0.161. The number of benzene rings is 2. The van der Waals surface area contributed by atoms with Gasteiger partial charge in [-0.05, 0) is 50.2 Å². The molecule has 0 saturated carbocycles. The first-order chi connectivity index (χ1) is 10.0. The molecular formula is C18H17FO2. The molecule has 0 fully saturated rings. The third-order valence-corrected chi connectivity index (χ3v) is 3.05. The van der Waals surface area contributed by atoms with Crippen molar-refractivity contribution in [2.75, 3.05) is 0 Å². The van der Waals surface area contributed by atoms with Gasteiger partial charge in [0.05, 0.1) is 6.10 Å². The van der Waals surface area contributed by atoms with E-state index >= 15 is 0 Å². The van der Waals surface area contributed by atoms with Gasteiger partial charge in [0.1, 0.15) is 17.3 Å². The Kier molecular flexibility index (Phi) is 4.97. The number of ether oxygens (including phenoxy) is 1. The van der Waals surface area contributed by atoms with E-state index in [-0.39, 0.29) is 11.7 Å². The molecule has 2 unspecified atom stereocenters. The maximum absolute atomic E-state index is 13.1. The second kappa shape index (κ2) is 6.92. The van der Waals surface area contributed by atoms with E-state index in [2.05, 4.69) is 11.8 Å². The van der Waals surface area contributed by atoms with Gasteiger partial charge in [-0.1, -0.05) is 17.9 Å². The van der Waals surface area contributed by atoms with E-state index in [0.29, 0.717) is 11.5 Å². The van der Waals surface area contributed by atoms with E-state index in [1.807, 2.05) is 19.1 Å². The molecule has 2 aromatic carbocycles. The Balaban J connectivity index is 2.05. The quantitative estimate of drug-likeness (QED) is 0.864. The van der Waals surface area contributed by atoms with Crippen molar-refractivity contribution in [3.05, 3.63) is 59.9 Å². The molecule has 0 amide bonds. The molecular weight excluding hydrogens is 267 g/mol. The maximum Gasteiger partial charge on any atom is 0.130 e. The van der Waals surface area contributed by atoms with Crippen LogP contribution in [0.2, 0.25) is 0 Å². The largest absolute Gasteiger partial charge is 0.457 e. The molecule has 2 atom stereocenters. The summed E-state index contributed by atoms with van der Waals surface area (Å²) in [6.45, 7) is 3.59. The summed E-state index contributed by atoms with van der Waals surface area (Å²) in [6, 6.07) is 13.2. The van der Waals surface area contributed by atoms with Gasteiger partial charge in [0, 0.05) is 17.5 Å². The Morgan fingerprint density at radius 2 is 1.76 bits per heavy atom. The Bertz CT molecular complexity index is 651. The van der Waals surface area contributed by atoms with E-state index in [1.165, 1.54) is 12.1 Å². The fourth-order valence-corrected chi connectivity index (χ4v) is 1.59. The van der Waals surface area contributed by atoms with Crippen LogP contribution in [0.1, 0.15) is 19.4 Å². The molecule has 0 radical (unpaired) electrons. The predicted molar refractivity (Wildman–Crippen MR) is 80.6 cm³/mol. The highest BCUT2D eigenvalue weighted by Crippen LogP contribution is 2.22. The highest BCUT2D eigenvalue weighted by Gasteiger charge is 2.03. The molecule has 0 aliphatic carbocycles. The number of halogens is 1. The van der Waals surface area contributed by atoms with Crippen LogP contribution in [-0.4, -0.2) is 11.2 Å². The van der Waals surface area contributed by atoms with Gasteiger partial charge < -0.3 is 9.84 Å². The SMILES string of the molecule is CC(O)C(C)C#Cc1ccc(Oc2cccc(F)c2)cc1. The highest BCUT2D eigenvalue weighted by molar-refractivity contribution is 5.40. The number of aliphatic hydroxyl groups is 1. The van der Waals surface area contributed by atoms with Crippen LogP contribution < -0.4 is 4.74 Å². The van der Waals surface area contributed by atoms with Crippen LogP contribution in [0.25, 0.3) is 0 Å². The minimum atomic E-state index is -0.451. The van der Waals surface area contributed by atoms with Gasteiger partial charge in [-0.25, -0.2) is 4.39 Å². The summed E-state index contributed by atoms with van der Waals surface area (Å²) in [4.78, 5) is 0. The minimum absolute atomic E-state index is 0.0757. The van der Waals surface area contributed by atoms with Crippen LogP contribution in [-0.2, 0) is 0 Å². The van der Waals surface area contributed by atoms with Crippen molar-refractivity contribution in [2.24, 2.45) is 5.92 Å². The summed E-state index contributed by atoms with van der Waals surface area (Å²) in [5.74, 6) is 6.65. The zero-order valence-corrected chi connectivity index (χ0v) is 12.0. The second-order valence-electron chi connectivity index (χ2n) is 4.88. The van der Waals surface area contributed by atoms with Gasteiger partial charge in [-0.2, -0.15) is 0 Å².